The molecular formula is C11H12N2O5. The molecule has 0 aliphatic heterocycles. The number of furan rings is 1. The molecular weight excluding hydrogens is 240 g/mol. The third kappa shape index (κ3) is 2.58. The second-order valence-corrected chi connectivity index (χ2v) is 3.59. The first-order valence-electron chi connectivity index (χ1n) is 5.27. The van der Waals surface area contributed by atoms with Gasteiger partial charge in [0.05, 0.1) is 25.5 Å². The minimum absolute atomic E-state index is 0.0494. The number of nitrogens with one attached hydrogen (secondary N) is 1. The molecule has 0 aliphatic carbocycles. The standard InChI is InChI=1S/C11H12N2O5/c14-5-7(6-15)12-11(16)8-4-10(18-13-8)9-2-1-3-17-9/h1-4,7,14-15H,5-6H2,(H,12,16). The van der Waals surface area contributed by atoms with E-state index in [9.17, 15) is 4.79 Å². The van der Waals surface area contributed by atoms with Gasteiger partial charge in [-0.2, -0.15) is 0 Å². The summed E-state index contributed by atoms with van der Waals surface area (Å²) in [7, 11) is 0. The van der Waals surface area contributed by atoms with E-state index in [0.29, 0.717) is 11.5 Å². The molecule has 2 rings (SSSR count). The zero-order chi connectivity index (χ0) is 13.0. The fourth-order valence-electron chi connectivity index (χ4n) is 1.33. The van der Waals surface area contributed by atoms with Gasteiger partial charge >= 0.3 is 0 Å². The molecule has 0 aliphatic rings. The summed E-state index contributed by atoms with van der Waals surface area (Å²) in [5.74, 6) is 0.252. The van der Waals surface area contributed by atoms with Crippen molar-refractivity contribution >= 4 is 5.91 Å². The lowest BCUT2D eigenvalue weighted by atomic mass is 10.2. The van der Waals surface area contributed by atoms with Crippen LogP contribution in [0.3, 0.4) is 0 Å². The Hall–Kier alpha value is -2.12. The smallest absolute Gasteiger partial charge is 0.273 e. The number of hydrogen-bond donors (Lipinski definition) is 3. The van der Waals surface area contributed by atoms with Crippen molar-refractivity contribution in [2.75, 3.05) is 13.2 Å². The number of aliphatic hydroxyl groups is 2. The molecule has 2 aromatic heterocycles. The number of amides is 1. The Bertz CT molecular complexity index is 501. The van der Waals surface area contributed by atoms with Crippen LogP contribution < -0.4 is 5.32 Å². The van der Waals surface area contributed by atoms with Gasteiger partial charge in [0.15, 0.2) is 11.5 Å². The molecule has 2 heterocycles. The van der Waals surface area contributed by atoms with Crippen LogP contribution in [0.1, 0.15) is 10.5 Å². The van der Waals surface area contributed by atoms with Gasteiger partial charge in [-0.15, -0.1) is 0 Å². The van der Waals surface area contributed by atoms with Crippen LogP contribution in [-0.2, 0) is 0 Å². The summed E-state index contributed by atoms with van der Waals surface area (Å²) in [5.41, 5.74) is 0.0494. The number of nitrogens with zero attached hydrogens (tertiary/aromatic N) is 1. The fourth-order valence-corrected chi connectivity index (χ4v) is 1.33. The Kier molecular flexibility index (Phi) is 3.75. The predicted octanol–water partition coefficient (Wildman–Crippen LogP) is 0.0176. The van der Waals surface area contributed by atoms with Gasteiger partial charge in [0.2, 0.25) is 5.76 Å². The molecule has 0 fully saturated rings. The van der Waals surface area contributed by atoms with Gasteiger partial charge in [-0.1, -0.05) is 5.16 Å². The van der Waals surface area contributed by atoms with Crippen LogP contribution in [0.4, 0.5) is 0 Å². The van der Waals surface area contributed by atoms with Gasteiger partial charge in [-0.25, -0.2) is 0 Å². The lowest BCUT2D eigenvalue weighted by Crippen LogP contribution is -2.40. The van der Waals surface area contributed by atoms with Crippen molar-refractivity contribution < 1.29 is 23.9 Å². The molecule has 7 heteroatoms. The maximum atomic E-state index is 11.7. The van der Waals surface area contributed by atoms with Crippen molar-refractivity contribution in [3.8, 4) is 11.5 Å². The van der Waals surface area contributed by atoms with Crippen molar-refractivity contribution in [1.29, 1.82) is 0 Å². The highest BCUT2D eigenvalue weighted by molar-refractivity contribution is 5.93. The summed E-state index contributed by atoms with van der Waals surface area (Å²) in [5, 5.41) is 23.7. The maximum Gasteiger partial charge on any atom is 0.273 e. The van der Waals surface area contributed by atoms with Crippen LogP contribution in [-0.4, -0.2) is 40.5 Å². The fraction of sp³-hybridized carbons (Fsp3) is 0.273. The molecule has 18 heavy (non-hydrogen) atoms. The number of carbonyl (C=O) groups excluding carboxylic acids is 1. The summed E-state index contributed by atoms with van der Waals surface area (Å²) in [4.78, 5) is 11.7. The van der Waals surface area contributed by atoms with Gasteiger partial charge in [-0.3, -0.25) is 4.79 Å². The minimum Gasteiger partial charge on any atom is -0.461 e. The van der Waals surface area contributed by atoms with Crippen molar-refractivity contribution in [2.45, 2.75) is 6.04 Å². The van der Waals surface area contributed by atoms with Crippen molar-refractivity contribution in [1.82, 2.24) is 10.5 Å². The first kappa shape index (κ1) is 12.3. The van der Waals surface area contributed by atoms with E-state index in [1.165, 1.54) is 12.3 Å². The summed E-state index contributed by atoms with van der Waals surface area (Å²) >= 11 is 0. The van der Waals surface area contributed by atoms with Crippen LogP contribution in [0.2, 0.25) is 0 Å². The normalized spacial score (nSPS) is 10.8. The SMILES string of the molecule is O=C(NC(CO)CO)c1cc(-c2ccco2)on1. The summed E-state index contributed by atoms with van der Waals surface area (Å²) < 4.78 is 10.0. The Morgan fingerprint density at radius 3 is 2.78 bits per heavy atom. The molecule has 96 valence electrons. The zero-order valence-electron chi connectivity index (χ0n) is 9.37. The Morgan fingerprint density at radius 2 is 2.17 bits per heavy atom. The first-order valence-corrected chi connectivity index (χ1v) is 5.27. The predicted molar refractivity (Wildman–Crippen MR) is 59.6 cm³/mol. The van der Waals surface area contributed by atoms with E-state index in [4.69, 9.17) is 19.2 Å². The highest BCUT2D eigenvalue weighted by Gasteiger charge is 2.17. The molecule has 0 saturated heterocycles. The quantitative estimate of drug-likeness (QED) is 0.692. The van der Waals surface area contributed by atoms with Crippen LogP contribution in [0.25, 0.3) is 11.5 Å². The highest BCUT2D eigenvalue weighted by Crippen LogP contribution is 2.20. The van der Waals surface area contributed by atoms with Crippen molar-refractivity contribution in [3.63, 3.8) is 0 Å². The van der Waals surface area contributed by atoms with Crippen molar-refractivity contribution in [3.05, 3.63) is 30.2 Å². The minimum atomic E-state index is -0.721. The molecule has 1 amide bonds. The number of aliphatic hydroxyl groups excluding tert-OH is 2. The largest absolute Gasteiger partial charge is 0.461 e. The summed E-state index contributed by atoms with van der Waals surface area (Å²) in [6.45, 7) is -0.712. The van der Waals surface area contributed by atoms with Crippen molar-refractivity contribution in [2.24, 2.45) is 0 Å². The average molecular weight is 252 g/mol. The Balaban J connectivity index is 2.08. The van der Waals surface area contributed by atoms with E-state index < -0.39 is 11.9 Å². The van der Waals surface area contributed by atoms with Crippen LogP contribution >= 0.6 is 0 Å². The van der Waals surface area contributed by atoms with E-state index >= 15 is 0 Å². The molecule has 7 nitrogen and oxygen atoms in total. The molecule has 0 unspecified atom stereocenters. The number of aromatic nitrogens is 1. The van der Waals surface area contributed by atoms with Gasteiger partial charge in [0.1, 0.15) is 0 Å². The second kappa shape index (κ2) is 5.48. The molecule has 0 radical (unpaired) electrons. The first-order chi connectivity index (χ1) is 8.74. The number of hydrogen-bond acceptors (Lipinski definition) is 6. The molecule has 2 aromatic rings. The summed E-state index contributed by atoms with van der Waals surface area (Å²) in [6.07, 6.45) is 1.48. The zero-order valence-corrected chi connectivity index (χ0v) is 9.37. The molecule has 0 aromatic carbocycles. The Morgan fingerprint density at radius 1 is 1.39 bits per heavy atom. The average Bonchev–Trinajstić information content (AvgIpc) is 3.04. The lowest BCUT2D eigenvalue weighted by Gasteiger charge is -2.11. The third-order valence-electron chi connectivity index (χ3n) is 2.28. The molecule has 0 atom stereocenters. The molecule has 0 spiro atoms. The lowest BCUT2D eigenvalue weighted by molar-refractivity contribution is 0.0870. The van der Waals surface area contributed by atoms with E-state index in [-0.39, 0.29) is 18.9 Å². The maximum absolute atomic E-state index is 11.7. The van der Waals surface area contributed by atoms with Gasteiger partial charge in [0, 0.05) is 6.07 Å². The van der Waals surface area contributed by atoms with Gasteiger partial charge < -0.3 is 24.5 Å². The Labute approximate surface area is 102 Å². The van der Waals surface area contributed by atoms with E-state index in [1.807, 2.05) is 0 Å². The number of rotatable bonds is 5. The van der Waals surface area contributed by atoms with Gasteiger partial charge in [-0.05, 0) is 12.1 Å². The number of carbonyl (C=O) groups is 1. The molecule has 0 bridgehead atoms. The molecule has 3 N–H and O–H groups in total. The molecule has 0 saturated carbocycles. The second-order valence-electron chi connectivity index (χ2n) is 3.59. The van der Waals surface area contributed by atoms with Crippen LogP contribution in [0.5, 0.6) is 0 Å². The summed E-state index contributed by atoms with van der Waals surface area (Å²) in [6, 6.07) is 4.05. The highest BCUT2D eigenvalue weighted by atomic mass is 16.5. The van der Waals surface area contributed by atoms with Crippen LogP contribution in [0.15, 0.2) is 33.4 Å². The topological polar surface area (TPSA) is 109 Å². The van der Waals surface area contributed by atoms with E-state index in [0.717, 1.165) is 0 Å². The van der Waals surface area contributed by atoms with E-state index in [1.54, 1.807) is 12.1 Å². The third-order valence-corrected chi connectivity index (χ3v) is 2.28. The van der Waals surface area contributed by atoms with Crippen LogP contribution in [0, 0.1) is 0 Å². The van der Waals surface area contributed by atoms with E-state index in [2.05, 4.69) is 10.5 Å². The monoisotopic (exact) mass is 252 g/mol. The van der Waals surface area contributed by atoms with Gasteiger partial charge in [0.25, 0.3) is 5.91 Å².